The summed E-state index contributed by atoms with van der Waals surface area (Å²) in [5.41, 5.74) is 5.18. The van der Waals surface area contributed by atoms with E-state index in [1.165, 1.54) is 6.07 Å². The largest absolute Gasteiger partial charge is 0.506 e. The van der Waals surface area contributed by atoms with Gasteiger partial charge >= 0.3 is 5.97 Å². The molecule has 0 aromatic heterocycles. The second-order valence-corrected chi connectivity index (χ2v) is 11.3. The van der Waals surface area contributed by atoms with E-state index >= 15 is 0 Å². The van der Waals surface area contributed by atoms with Crippen LogP contribution in [-0.4, -0.2) is 34.2 Å². The number of hydrogen-bond donors (Lipinski definition) is 6. The molecule has 1 amide bonds. The topological polar surface area (TPSA) is 140 Å². The minimum atomic E-state index is -1.10. The fraction of sp³-hybridized carbons (Fsp3) is 0.243. The van der Waals surface area contributed by atoms with Gasteiger partial charge in [0.05, 0.1) is 11.8 Å². The second kappa shape index (κ2) is 14.9. The van der Waals surface area contributed by atoms with Gasteiger partial charge in [-0.2, -0.15) is 0 Å². The summed E-state index contributed by atoms with van der Waals surface area (Å²) >= 11 is 0. The van der Waals surface area contributed by atoms with Gasteiger partial charge in [-0.15, -0.1) is 0 Å². The molecule has 0 saturated heterocycles. The number of anilines is 1. The van der Waals surface area contributed by atoms with E-state index in [1.807, 2.05) is 79.7 Å². The number of carboxylic acid groups (broad SMARTS) is 1. The highest BCUT2D eigenvalue weighted by atomic mass is 16.5. The summed E-state index contributed by atoms with van der Waals surface area (Å²) in [4.78, 5) is 23.4. The van der Waals surface area contributed by atoms with E-state index in [-0.39, 0.29) is 18.0 Å². The number of rotatable bonds is 15. The number of aliphatic hydroxyl groups is 1. The Kier molecular flexibility index (Phi) is 10.5. The van der Waals surface area contributed by atoms with Gasteiger partial charge < -0.3 is 30.7 Å². The van der Waals surface area contributed by atoms with Crippen molar-refractivity contribution in [3.05, 3.63) is 130 Å². The summed E-state index contributed by atoms with van der Waals surface area (Å²) in [6, 6.07) is 26.5. The average molecular weight is 622 g/mol. The Balaban J connectivity index is 1.13. The van der Waals surface area contributed by atoms with Gasteiger partial charge in [0, 0.05) is 25.2 Å². The Labute approximate surface area is 268 Å². The summed E-state index contributed by atoms with van der Waals surface area (Å²) in [6.07, 6.45) is 4.40. The molecule has 0 radical (unpaired) electrons. The standard InChI is InChI=1S/C37H39N3O6/c1-2-6-31-30(15-16-33(42)35(31)39-24-41)34(43)22-38-20-25-11-13-26(14-12-25)23-46-29-9-5-7-27(19-29)21-40-37(36(44)45)18-17-28-8-3-4-10-32(28)37/h2-16,19,24,34,38,40,42-43H,17-18,20-23H2,1H3,(H,39,41)(H,44,45)/b6-2-. The summed E-state index contributed by atoms with van der Waals surface area (Å²) in [5, 5.41) is 40.2. The second-order valence-electron chi connectivity index (χ2n) is 11.3. The molecule has 0 fully saturated rings. The number of ether oxygens (including phenoxy) is 1. The van der Waals surface area contributed by atoms with Crippen LogP contribution in [-0.2, 0) is 41.2 Å². The number of carbonyl (C=O) groups excluding carboxylic acids is 1. The van der Waals surface area contributed by atoms with E-state index < -0.39 is 17.6 Å². The van der Waals surface area contributed by atoms with Crippen LogP contribution in [0.2, 0.25) is 0 Å². The van der Waals surface area contributed by atoms with Crippen LogP contribution in [0.5, 0.6) is 11.5 Å². The van der Waals surface area contributed by atoms with Crippen molar-refractivity contribution in [3.63, 3.8) is 0 Å². The highest BCUT2D eigenvalue weighted by Gasteiger charge is 2.45. The third-order valence-electron chi connectivity index (χ3n) is 8.35. The summed E-state index contributed by atoms with van der Waals surface area (Å²) in [6.45, 7) is 3.40. The molecule has 9 heteroatoms. The number of hydrogen-bond acceptors (Lipinski definition) is 7. The maximum Gasteiger partial charge on any atom is 0.328 e. The van der Waals surface area contributed by atoms with Crippen molar-refractivity contribution in [1.29, 1.82) is 0 Å². The first-order valence-corrected chi connectivity index (χ1v) is 15.3. The third kappa shape index (κ3) is 7.29. The van der Waals surface area contributed by atoms with Gasteiger partial charge in [-0.25, -0.2) is 4.79 Å². The van der Waals surface area contributed by atoms with Crippen molar-refractivity contribution < 1.29 is 29.6 Å². The van der Waals surface area contributed by atoms with Gasteiger partial charge in [-0.05, 0) is 71.3 Å². The molecule has 0 bridgehead atoms. The van der Waals surface area contributed by atoms with Crippen molar-refractivity contribution >= 4 is 24.1 Å². The van der Waals surface area contributed by atoms with Crippen molar-refractivity contribution in [3.8, 4) is 11.5 Å². The Morgan fingerprint density at radius 2 is 1.76 bits per heavy atom. The zero-order valence-electron chi connectivity index (χ0n) is 25.7. The molecule has 6 N–H and O–H groups in total. The van der Waals surface area contributed by atoms with Crippen molar-refractivity contribution in [1.82, 2.24) is 10.6 Å². The SMILES string of the molecule is C/C=C\c1c(C(O)CNCc2ccc(COc3cccc(CNC4(C(=O)O)CCc5ccccc54)c3)cc2)ccc(O)c1NC=O. The number of phenolic OH excluding ortho intramolecular Hbond substituents is 1. The van der Waals surface area contributed by atoms with Gasteiger partial charge in [0.25, 0.3) is 0 Å². The van der Waals surface area contributed by atoms with E-state index in [0.717, 1.165) is 34.2 Å². The maximum atomic E-state index is 12.4. The molecule has 238 valence electrons. The predicted molar refractivity (Wildman–Crippen MR) is 177 cm³/mol. The monoisotopic (exact) mass is 621 g/mol. The fourth-order valence-electron chi connectivity index (χ4n) is 5.95. The zero-order valence-corrected chi connectivity index (χ0v) is 25.7. The van der Waals surface area contributed by atoms with Crippen LogP contribution in [0.3, 0.4) is 0 Å². The summed E-state index contributed by atoms with van der Waals surface area (Å²) in [7, 11) is 0. The Hall–Kier alpha value is -4.96. The molecule has 4 aromatic rings. The van der Waals surface area contributed by atoms with E-state index in [1.54, 1.807) is 18.2 Å². The van der Waals surface area contributed by atoms with Crippen LogP contribution in [0, 0.1) is 0 Å². The van der Waals surface area contributed by atoms with Crippen molar-refractivity contribution in [2.45, 2.75) is 51.1 Å². The average Bonchev–Trinajstić information content (AvgIpc) is 3.45. The van der Waals surface area contributed by atoms with E-state index in [9.17, 15) is 24.9 Å². The smallest absolute Gasteiger partial charge is 0.328 e. The molecule has 0 heterocycles. The van der Waals surface area contributed by atoms with Gasteiger partial charge in [0.15, 0.2) is 0 Å². The number of amides is 1. The van der Waals surface area contributed by atoms with Crippen LogP contribution in [0.15, 0.2) is 91.0 Å². The van der Waals surface area contributed by atoms with Gasteiger partial charge in [-0.1, -0.05) is 78.9 Å². The number of aromatic hydroxyl groups is 1. The number of aliphatic hydroxyl groups excluding tert-OH is 1. The Morgan fingerprint density at radius 1 is 0.978 bits per heavy atom. The zero-order chi connectivity index (χ0) is 32.5. The summed E-state index contributed by atoms with van der Waals surface area (Å²) in [5.74, 6) is -0.233. The number of allylic oxidation sites excluding steroid dienone is 1. The lowest BCUT2D eigenvalue weighted by Crippen LogP contribution is -2.47. The predicted octanol–water partition coefficient (Wildman–Crippen LogP) is 5.41. The molecule has 0 spiro atoms. The van der Waals surface area contributed by atoms with Gasteiger partial charge in [0.2, 0.25) is 6.41 Å². The highest BCUT2D eigenvalue weighted by molar-refractivity contribution is 5.84. The normalized spacial score (nSPS) is 16.2. The molecule has 2 atom stereocenters. The third-order valence-corrected chi connectivity index (χ3v) is 8.35. The molecule has 2 unspecified atom stereocenters. The number of carbonyl (C=O) groups is 2. The number of nitrogens with one attached hydrogen (secondary N) is 3. The van der Waals surface area contributed by atoms with E-state index in [2.05, 4.69) is 16.0 Å². The lowest BCUT2D eigenvalue weighted by atomic mass is 9.91. The molecular weight excluding hydrogens is 582 g/mol. The molecule has 0 saturated carbocycles. The maximum absolute atomic E-state index is 12.4. The molecule has 5 rings (SSSR count). The lowest BCUT2D eigenvalue weighted by Gasteiger charge is -2.27. The fourth-order valence-corrected chi connectivity index (χ4v) is 5.95. The van der Waals surface area contributed by atoms with Crippen molar-refractivity contribution in [2.75, 3.05) is 11.9 Å². The number of phenols is 1. The van der Waals surface area contributed by atoms with Crippen LogP contribution < -0.4 is 20.7 Å². The van der Waals surface area contributed by atoms with Crippen LogP contribution in [0.1, 0.15) is 58.4 Å². The highest BCUT2D eigenvalue weighted by Crippen LogP contribution is 2.38. The van der Waals surface area contributed by atoms with Crippen molar-refractivity contribution in [2.24, 2.45) is 0 Å². The molecule has 1 aliphatic rings. The Bertz CT molecular complexity index is 1700. The molecule has 4 aromatic carbocycles. The Morgan fingerprint density at radius 3 is 2.52 bits per heavy atom. The molecular formula is C37H39N3O6. The minimum Gasteiger partial charge on any atom is -0.506 e. The van der Waals surface area contributed by atoms with E-state index in [4.69, 9.17) is 4.74 Å². The lowest BCUT2D eigenvalue weighted by molar-refractivity contribution is -0.145. The molecule has 46 heavy (non-hydrogen) atoms. The van der Waals surface area contributed by atoms with Gasteiger partial charge in [-0.3, -0.25) is 10.1 Å². The molecule has 9 nitrogen and oxygen atoms in total. The number of benzene rings is 4. The van der Waals surface area contributed by atoms with Crippen LogP contribution in [0.25, 0.3) is 6.08 Å². The number of aryl methyl sites for hydroxylation is 1. The molecule has 0 aliphatic heterocycles. The number of aliphatic carboxylic acids is 1. The minimum absolute atomic E-state index is 0.0719. The first-order valence-electron chi connectivity index (χ1n) is 15.3. The first kappa shape index (κ1) is 32.4. The van der Waals surface area contributed by atoms with Crippen LogP contribution >= 0.6 is 0 Å². The van der Waals surface area contributed by atoms with Crippen LogP contribution in [0.4, 0.5) is 5.69 Å². The van der Waals surface area contributed by atoms with Gasteiger partial charge in [0.1, 0.15) is 23.6 Å². The van der Waals surface area contributed by atoms with E-state index in [0.29, 0.717) is 49.4 Å². The first-order chi connectivity index (χ1) is 22.3. The molecule has 1 aliphatic carbocycles. The quantitative estimate of drug-likeness (QED) is 0.0765. The summed E-state index contributed by atoms with van der Waals surface area (Å²) < 4.78 is 6.06. The number of carboxylic acids is 1. The number of fused-ring (bicyclic) bond motifs is 1.